The number of rotatable bonds is 7. The molecule has 3 nitrogen and oxygen atoms in total. The normalized spacial score (nSPS) is 25.4. The molecule has 0 spiro atoms. The van der Waals surface area contributed by atoms with Crippen molar-refractivity contribution in [1.82, 2.24) is 5.32 Å². The van der Waals surface area contributed by atoms with E-state index in [0.29, 0.717) is 12.0 Å². The Bertz CT molecular complexity index is 158. The Balaban J connectivity index is 1.99. The first-order valence-corrected chi connectivity index (χ1v) is 6.23. The highest BCUT2D eigenvalue weighted by atomic mass is 16.5. The van der Waals surface area contributed by atoms with Gasteiger partial charge in [0.25, 0.3) is 0 Å². The van der Waals surface area contributed by atoms with Gasteiger partial charge in [-0.05, 0) is 45.1 Å². The third kappa shape index (κ3) is 4.96. The topological polar surface area (TPSA) is 41.5 Å². The van der Waals surface area contributed by atoms with Crippen LogP contribution >= 0.6 is 0 Å². The van der Waals surface area contributed by atoms with Crippen molar-refractivity contribution in [3.8, 4) is 0 Å². The molecule has 15 heavy (non-hydrogen) atoms. The van der Waals surface area contributed by atoms with Crippen molar-refractivity contribution < 1.29 is 9.84 Å². The average molecular weight is 215 g/mol. The molecule has 3 atom stereocenters. The molecule has 1 fully saturated rings. The predicted octanol–water partition coefficient (Wildman–Crippen LogP) is 1.55. The first-order valence-electron chi connectivity index (χ1n) is 6.23. The van der Waals surface area contributed by atoms with Crippen LogP contribution in [0.5, 0.6) is 0 Å². The molecule has 1 aliphatic heterocycles. The monoisotopic (exact) mass is 215 g/mol. The SMILES string of the molecule is CCC(O)CCCNC(C)C1CCOC1. The van der Waals surface area contributed by atoms with Gasteiger partial charge in [-0.1, -0.05) is 6.92 Å². The molecule has 0 amide bonds. The van der Waals surface area contributed by atoms with Crippen molar-refractivity contribution in [2.75, 3.05) is 19.8 Å². The first kappa shape index (κ1) is 12.9. The molecular formula is C12H25NO2. The lowest BCUT2D eigenvalue weighted by Gasteiger charge is -2.19. The second-order valence-electron chi connectivity index (χ2n) is 4.57. The molecule has 3 heteroatoms. The zero-order valence-electron chi connectivity index (χ0n) is 10.0. The predicted molar refractivity (Wildman–Crippen MR) is 61.9 cm³/mol. The summed E-state index contributed by atoms with van der Waals surface area (Å²) in [5.74, 6) is 0.682. The first-order chi connectivity index (χ1) is 7.24. The van der Waals surface area contributed by atoms with Gasteiger partial charge in [-0.2, -0.15) is 0 Å². The van der Waals surface area contributed by atoms with Crippen LogP contribution in [0.3, 0.4) is 0 Å². The molecule has 90 valence electrons. The molecule has 0 bridgehead atoms. The van der Waals surface area contributed by atoms with Gasteiger partial charge in [-0.3, -0.25) is 0 Å². The van der Waals surface area contributed by atoms with E-state index < -0.39 is 0 Å². The van der Waals surface area contributed by atoms with Crippen LogP contribution < -0.4 is 5.32 Å². The molecule has 0 aromatic heterocycles. The second kappa shape index (κ2) is 7.20. The highest BCUT2D eigenvalue weighted by molar-refractivity contribution is 4.75. The van der Waals surface area contributed by atoms with Crippen LogP contribution in [0.2, 0.25) is 0 Å². The number of aliphatic hydroxyl groups is 1. The Hall–Kier alpha value is -0.120. The molecule has 0 aromatic carbocycles. The molecule has 1 rings (SSSR count). The van der Waals surface area contributed by atoms with Gasteiger partial charge in [0, 0.05) is 12.6 Å². The van der Waals surface area contributed by atoms with Gasteiger partial charge >= 0.3 is 0 Å². The Morgan fingerprint density at radius 3 is 2.93 bits per heavy atom. The molecule has 0 radical (unpaired) electrons. The molecule has 0 aliphatic carbocycles. The third-order valence-electron chi connectivity index (χ3n) is 3.32. The number of hydrogen-bond acceptors (Lipinski definition) is 3. The van der Waals surface area contributed by atoms with Crippen molar-refractivity contribution in [2.24, 2.45) is 5.92 Å². The second-order valence-corrected chi connectivity index (χ2v) is 4.57. The van der Waals surface area contributed by atoms with E-state index in [0.717, 1.165) is 39.0 Å². The number of hydrogen-bond donors (Lipinski definition) is 2. The van der Waals surface area contributed by atoms with Crippen molar-refractivity contribution in [3.05, 3.63) is 0 Å². The molecule has 1 saturated heterocycles. The number of ether oxygens (including phenoxy) is 1. The molecular weight excluding hydrogens is 190 g/mol. The minimum atomic E-state index is -0.114. The van der Waals surface area contributed by atoms with Gasteiger partial charge in [-0.25, -0.2) is 0 Å². The zero-order chi connectivity index (χ0) is 11.1. The van der Waals surface area contributed by atoms with E-state index >= 15 is 0 Å². The van der Waals surface area contributed by atoms with Gasteiger partial charge in [0.1, 0.15) is 0 Å². The fraction of sp³-hybridized carbons (Fsp3) is 1.00. The number of aliphatic hydroxyl groups excluding tert-OH is 1. The van der Waals surface area contributed by atoms with Gasteiger partial charge in [0.15, 0.2) is 0 Å². The molecule has 3 unspecified atom stereocenters. The van der Waals surface area contributed by atoms with Crippen LogP contribution in [0.4, 0.5) is 0 Å². The van der Waals surface area contributed by atoms with Crippen molar-refractivity contribution in [1.29, 1.82) is 0 Å². The molecule has 0 saturated carbocycles. The summed E-state index contributed by atoms with van der Waals surface area (Å²) in [6.45, 7) is 7.10. The van der Waals surface area contributed by atoms with Gasteiger partial charge in [0.05, 0.1) is 12.7 Å². The lowest BCUT2D eigenvalue weighted by Crippen LogP contribution is -2.34. The Kier molecular flexibility index (Phi) is 6.22. The van der Waals surface area contributed by atoms with E-state index in [-0.39, 0.29) is 6.10 Å². The van der Waals surface area contributed by atoms with Gasteiger partial charge in [0.2, 0.25) is 0 Å². The lowest BCUT2D eigenvalue weighted by molar-refractivity contribution is 0.155. The zero-order valence-corrected chi connectivity index (χ0v) is 10.0. The summed E-state index contributed by atoms with van der Waals surface area (Å²) in [6, 6.07) is 0.547. The van der Waals surface area contributed by atoms with Crippen molar-refractivity contribution >= 4 is 0 Å². The van der Waals surface area contributed by atoms with E-state index in [1.165, 1.54) is 6.42 Å². The maximum atomic E-state index is 9.39. The lowest BCUT2D eigenvalue weighted by atomic mass is 10.0. The van der Waals surface area contributed by atoms with Crippen LogP contribution in [0.25, 0.3) is 0 Å². The van der Waals surface area contributed by atoms with Crippen molar-refractivity contribution in [3.63, 3.8) is 0 Å². The fourth-order valence-electron chi connectivity index (χ4n) is 1.99. The summed E-state index contributed by atoms with van der Waals surface area (Å²) in [4.78, 5) is 0. The van der Waals surface area contributed by atoms with E-state index in [1.807, 2.05) is 6.92 Å². The molecule has 1 heterocycles. The Morgan fingerprint density at radius 1 is 1.53 bits per heavy atom. The summed E-state index contributed by atoms with van der Waals surface area (Å²) < 4.78 is 5.36. The Morgan fingerprint density at radius 2 is 2.33 bits per heavy atom. The highest BCUT2D eigenvalue weighted by Gasteiger charge is 2.21. The molecule has 2 N–H and O–H groups in total. The fourth-order valence-corrected chi connectivity index (χ4v) is 1.99. The van der Waals surface area contributed by atoms with Crippen LogP contribution in [-0.2, 0) is 4.74 Å². The maximum absolute atomic E-state index is 9.39. The van der Waals surface area contributed by atoms with E-state index in [2.05, 4.69) is 12.2 Å². The van der Waals surface area contributed by atoms with Crippen LogP contribution in [0.15, 0.2) is 0 Å². The van der Waals surface area contributed by atoms with Crippen LogP contribution in [-0.4, -0.2) is 37.0 Å². The Labute approximate surface area is 93.2 Å². The van der Waals surface area contributed by atoms with E-state index in [4.69, 9.17) is 4.74 Å². The third-order valence-corrected chi connectivity index (χ3v) is 3.32. The van der Waals surface area contributed by atoms with E-state index in [1.54, 1.807) is 0 Å². The summed E-state index contributed by atoms with van der Waals surface area (Å²) in [5.41, 5.74) is 0. The standard InChI is InChI=1S/C12H25NO2/c1-3-12(14)5-4-7-13-10(2)11-6-8-15-9-11/h10-14H,3-9H2,1-2H3. The van der Waals surface area contributed by atoms with Gasteiger partial charge < -0.3 is 15.2 Å². The minimum Gasteiger partial charge on any atom is -0.393 e. The smallest absolute Gasteiger partial charge is 0.0538 e. The summed E-state index contributed by atoms with van der Waals surface area (Å²) in [5, 5.41) is 12.9. The maximum Gasteiger partial charge on any atom is 0.0538 e. The van der Waals surface area contributed by atoms with Crippen LogP contribution in [0, 0.1) is 5.92 Å². The van der Waals surface area contributed by atoms with E-state index in [9.17, 15) is 5.11 Å². The summed E-state index contributed by atoms with van der Waals surface area (Å²) >= 11 is 0. The largest absolute Gasteiger partial charge is 0.393 e. The highest BCUT2D eigenvalue weighted by Crippen LogP contribution is 2.16. The minimum absolute atomic E-state index is 0.114. The average Bonchev–Trinajstić information content (AvgIpc) is 2.77. The van der Waals surface area contributed by atoms with Gasteiger partial charge in [-0.15, -0.1) is 0 Å². The summed E-state index contributed by atoms with van der Waals surface area (Å²) in [7, 11) is 0. The van der Waals surface area contributed by atoms with Crippen molar-refractivity contribution in [2.45, 2.75) is 51.7 Å². The summed E-state index contributed by atoms with van der Waals surface area (Å²) in [6.07, 6.45) is 3.92. The molecule has 0 aromatic rings. The van der Waals surface area contributed by atoms with Crippen LogP contribution in [0.1, 0.15) is 39.5 Å². The number of nitrogens with one attached hydrogen (secondary N) is 1. The quantitative estimate of drug-likeness (QED) is 0.633. The molecule has 1 aliphatic rings.